The van der Waals surface area contributed by atoms with Gasteiger partial charge in [-0.25, -0.2) is 0 Å². The number of rotatable bonds is 7. The Hall–Kier alpha value is 0.708. The summed E-state index contributed by atoms with van der Waals surface area (Å²) in [6.45, 7) is 19.0. The molecule has 18 heavy (non-hydrogen) atoms. The fraction of sp³-hybridized carbons (Fsp3) is 1.00. The smallest absolute Gasteiger partial charge is 0.322 e. The van der Waals surface area contributed by atoms with Gasteiger partial charge in [0.2, 0.25) is 0 Å². The molecule has 0 aliphatic rings. The predicted octanol–water partition coefficient (Wildman–Crippen LogP) is 3.62. The predicted molar refractivity (Wildman–Crippen MR) is 86.1 cm³/mol. The summed E-state index contributed by atoms with van der Waals surface area (Å²) in [5.41, 5.74) is 0. The van der Waals surface area contributed by atoms with E-state index in [1.165, 1.54) is 0 Å². The lowest BCUT2D eigenvalue weighted by atomic mass is 11.8. The van der Waals surface area contributed by atoms with Gasteiger partial charge >= 0.3 is 25.7 Å². The molecule has 0 rings (SSSR count). The van der Waals surface area contributed by atoms with Crippen LogP contribution in [0.15, 0.2) is 0 Å². The van der Waals surface area contributed by atoms with Gasteiger partial charge in [-0.05, 0) is 58.9 Å². The molecule has 4 nitrogen and oxygen atoms in total. The molecule has 0 aliphatic carbocycles. The Balaban J connectivity index is 4.66. The van der Waals surface area contributed by atoms with Crippen molar-refractivity contribution in [2.75, 3.05) is 7.11 Å². The van der Waals surface area contributed by atoms with E-state index in [0.717, 1.165) is 0 Å². The summed E-state index contributed by atoms with van der Waals surface area (Å²) in [6, 6.07) is 0. The van der Waals surface area contributed by atoms with Crippen LogP contribution < -0.4 is 0 Å². The standard InChI is InChI=1S/C10H30O4Si4/c1-11-16(5,6)13-18(9,10)14-17(7,8)12-15(2,3)4/h1-10H3. The Morgan fingerprint density at radius 2 is 0.833 bits per heavy atom. The van der Waals surface area contributed by atoms with Crippen molar-refractivity contribution in [2.45, 2.75) is 58.9 Å². The van der Waals surface area contributed by atoms with Crippen molar-refractivity contribution in [1.29, 1.82) is 0 Å². The molecule has 0 N–H and O–H groups in total. The van der Waals surface area contributed by atoms with Crippen LogP contribution in [0.25, 0.3) is 0 Å². The van der Waals surface area contributed by atoms with Crippen LogP contribution in [0.1, 0.15) is 0 Å². The minimum absolute atomic E-state index is 1.58. The summed E-state index contributed by atoms with van der Waals surface area (Å²) in [5, 5.41) is 0. The van der Waals surface area contributed by atoms with Crippen LogP contribution >= 0.6 is 0 Å². The maximum absolute atomic E-state index is 6.26. The van der Waals surface area contributed by atoms with Crippen LogP contribution in [0.5, 0.6) is 0 Å². The van der Waals surface area contributed by atoms with Gasteiger partial charge in [0.15, 0.2) is 8.32 Å². The minimum atomic E-state index is -2.20. The van der Waals surface area contributed by atoms with Crippen LogP contribution in [0.3, 0.4) is 0 Å². The van der Waals surface area contributed by atoms with Crippen LogP contribution in [-0.2, 0) is 16.8 Å². The summed E-state index contributed by atoms with van der Waals surface area (Å²) in [5.74, 6) is 0. The monoisotopic (exact) mass is 326 g/mol. The van der Waals surface area contributed by atoms with Crippen molar-refractivity contribution in [3.05, 3.63) is 0 Å². The second-order valence-corrected chi connectivity index (χ2v) is 22.3. The summed E-state index contributed by atoms with van der Waals surface area (Å²) >= 11 is 0. The second-order valence-electron chi connectivity index (χ2n) is 6.82. The average molecular weight is 327 g/mol. The highest BCUT2D eigenvalue weighted by molar-refractivity contribution is 6.88. The molecule has 0 unspecified atom stereocenters. The van der Waals surface area contributed by atoms with E-state index in [0.29, 0.717) is 0 Å². The third-order valence-electron chi connectivity index (χ3n) is 2.03. The third-order valence-corrected chi connectivity index (χ3v) is 15.3. The molecule has 0 amide bonds. The molecule has 0 aliphatic heterocycles. The normalized spacial score (nSPS) is 15.0. The highest BCUT2D eigenvalue weighted by atomic mass is 28.5. The first-order chi connectivity index (χ1) is 7.68. The lowest BCUT2D eigenvalue weighted by molar-refractivity contribution is 0.266. The molecule has 8 heteroatoms. The van der Waals surface area contributed by atoms with Gasteiger partial charge in [-0.1, -0.05) is 0 Å². The molecule has 0 atom stereocenters. The van der Waals surface area contributed by atoms with Crippen molar-refractivity contribution in [1.82, 2.24) is 0 Å². The first-order valence-electron chi connectivity index (χ1n) is 6.34. The average Bonchev–Trinajstić information content (AvgIpc) is 1.93. The van der Waals surface area contributed by atoms with Gasteiger partial charge in [0.05, 0.1) is 0 Å². The molecule has 0 aromatic heterocycles. The largest absolute Gasteiger partial charge is 0.437 e. The van der Waals surface area contributed by atoms with E-state index in [2.05, 4.69) is 45.8 Å². The zero-order valence-electron chi connectivity index (χ0n) is 13.6. The number of hydrogen-bond donors (Lipinski definition) is 0. The minimum Gasteiger partial charge on any atom is -0.437 e. The van der Waals surface area contributed by atoms with Gasteiger partial charge in [-0.15, -0.1) is 0 Å². The summed E-state index contributed by atoms with van der Waals surface area (Å²) in [4.78, 5) is 0. The zero-order valence-corrected chi connectivity index (χ0v) is 17.6. The lowest BCUT2D eigenvalue weighted by Gasteiger charge is -2.39. The van der Waals surface area contributed by atoms with Crippen molar-refractivity contribution in [3.8, 4) is 0 Å². The Labute approximate surface area is 117 Å². The molecule has 0 fully saturated rings. The summed E-state index contributed by atoms with van der Waals surface area (Å²) in [7, 11) is -6.25. The molecule has 0 bridgehead atoms. The van der Waals surface area contributed by atoms with E-state index in [1.54, 1.807) is 7.11 Å². The molecular weight excluding hydrogens is 296 g/mol. The van der Waals surface area contributed by atoms with Gasteiger partial charge < -0.3 is 16.8 Å². The van der Waals surface area contributed by atoms with Crippen LogP contribution in [0.2, 0.25) is 58.9 Å². The molecule has 0 saturated heterocycles. The van der Waals surface area contributed by atoms with Gasteiger partial charge in [0, 0.05) is 7.11 Å². The van der Waals surface area contributed by atoms with Crippen molar-refractivity contribution >= 4 is 34.0 Å². The van der Waals surface area contributed by atoms with Crippen molar-refractivity contribution < 1.29 is 16.8 Å². The van der Waals surface area contributed by atoms with Gasteiger partial charge in [-0.3, -0.25) is 0 Å². The second kappa shape index (κ2) is 6.00. The van der Waals surface area contributed by atoms with Gasteiger partial charge in [-0.2, -0.15) is 0 Å². The van der Waals surface area contributed by atoms with E-state index in [4.69, 9.17) is 16.8 Å². The van der Waals surface area contributed by atoms with Gasteiger partial charge in [0.1, 0.15) is 0 Å². The topological polar surface area (TPSA) is 36.9 Å². The molecule has 0 heterocycles. The molecule has 0 saturated carbocycles. The van der Waals surface area contributed by atoms with Gasteiger partial charge in [0.25, 0.3) is 0 Å². The highest BCUT2D eigenvalue weighted by Gasteiger charge is 2.42. The Kier molecular flexibility index (Phi) is 6.23. The quantitative estimate of drug-likeness (QED) is 0.670. The first kappa shape index (κ1) is 18.7. The van der Waals surface area contributed by atoms with E-state index >= 15 is 0 Å². The van der Waals surface area contributed by atoms with E-state index in [1.807, 2.05) is 13.1 Å². The van der Waals surface area contributed by atoms with Crippen LogP contribution in [-0.4, -0.2) is 41.1 Å². The Morgan fingerprint density at radius 3 is 1.17 bits per heavy atom. The SMILES string of the molecule is CO[Si](C)(C)O[Si](C)(C)O[Si](C)(C)O[Si](C)(C)C. The molecule has 0 spiro atoms. The molecule has 0 radical (unpaired) electrons. The maximum Gasteiger partial charge on any atom is 0.322 e. The Morgan fingerprint density at radius 1 is 0.500 bits per heavy atom. The Bertz CT molecular complexity index is 274. The number of hydrogen-bond acceptors (Lipinski definition) is 4. The fourth-order valence-electron chi connectivity index (χ4n) is 2.00. The van der Waals surface area contributed by atoms with Crippen LogP contribution in [0, 0.1) is 0 Å². The zero-order chi connectivity index (χ0) is 14.8. The molecule has 0 aromatic carbocycles. The van der Waals surface area contributed by atoms with Crippen molar-refractivity contribution in [2.24, 2.45) is 0 Å². The van der Waals surface area contributed by atoms with Crippen LogP contribution in [0.4, 0.5) is 0 Å². The fourth-order valence-corrected chi connectivity index (χ4v) is 18.8. The maximum atomic E-state index is 6.26. The molecular formula is C10H30O4Si4. The summed E-state index contributed by atoms with van der Waals surface area (Å²) < 4.78 is 24.0. The summed E-state index contributed by atoms with van der Waals surface area (Å²) in [6.07, 6.45) is 0. The van der Waals surface area contributed by atoms with E-state index in [9.17, 15) is 0 Å². The molecule has 0 aromatic rings. The highest BCUT2D eigenvalue weighted by Crippen LogP contribution is 2.23. The van der Waals surface area contributed by atoms with E-state index < -0.39 is 34.0 Å². The van der Waals surface area contributed by atoms with Crippen molar-refractivity contribution in [3.63, 3.8) is 0 Å². The van der Waals surface area contributed by atoms with E-state index in [-0.39, 0.29) is 0 Å². The third kappa shape index (κ3) is 8.75. The lowest BCUT2D eigenvalue weighted by Crippen LogP contribution is -2.56. The molecule has 110 valence electrons. The first-order valence-corrected chi connectivity index (χ1v) is 18.2.